The Labute approximate surface area is 84.4 Å². The van der Waals surface area contributed by atoms with Gasteiger partial charge in [-0.1, -0.05) is 20.8 Å². The van der Waals surface area contributed by atoms with Crippen molar-refractivity contribution in [3.8, 4) is 0 Å². The molecule has 1 atom stereocenters. The molecule has 0 aliphatic rings. The summed E-state index contributed by atoms with van der Waals surface area (Å²) in [5.41, 5.74) is 4.83. The molecule has 0 saturated heterocycles. The van der Waals surface area contributed by atoms with E-state index in [4.69, 9.17) is 5.73 Å². The topological polar surface area (TPSA) is 84.2 Å². The predicted octanol–water partition coefficient (Wildman–Crippen LogP) is -0.778. The average molecular weight is 201 g/mol. The van der Waals surface area contributed by atoms with Gasteiger partial charge in [-0.05, 0) is 12.5 Å². The van der Waals surface area contributed by atoms with Crippen LogP contribution >= 0.6 is 0 Å². The lowest BCUT2D eigenvalue weighted by Crippen LogP contribution is -2.53. The summed E-state index contributed by atoms with van der Waals surface area (Å²) in [6.45, 7) is 5.73. The predicted molar refractivity (Wildman–Crippen MR) is 54.5 cm³/mol. The van der Waals surface area contributed by atoms with E-state index in [9.17, 15) is 9.59 Å². The molecule has 0 aliphatic carbocycles. The van der Waals surface area contributed by atoms with Gasteiger partial charge in [0.15, 0.2) is 0 Å². The second kappa shape index (κ2) is 4.95. The van der Waals surface area contributed by atoms with Crippen LogP contribution < -0.4 is 16.4 Å². The molecular formula is C9H19N3O2. The Balaban J connectivity index is 4.40. The Bertz CT molecular complexity index is 221. The standard InChI is InChI=1S/C9H19N3O2/c1-9(2,3)7(8(10)14)12-6(13)5-11-4/h7,11H,5H2,1-4H3,(H2,10,14)(H,12,13). The molecule has 0 aliphatic heterocycles. The maximum atomic E-state index is 11.2. The lowest BCUT2D eigenvalue weighted by atomic mass is 9.86. The molecule has 5 nitrogen and oxygen atoms in total. The highest BCUT2D eigenvalue weighted by molar-refractivity contribution is 5.87. The van der Waals surface area contributed by atoms with Gasteiger partial charge in [0.25, 0.3) is 0 Å². The number of carbonyl (C=O) groups is 2. The van der Waals surface area contributed by atoms with E-state index in [1.54, 1.807) is 7.05 Å². The summed E-state index contributed by atoms with van der Waals surface area (Å²) < 4.78 is 0. The van der Waals surface area contributed by atoms with Gasteiger partial charge in [-0.2, -0.15) is 0 Å². The largest absolute Gasteiger partial charge is 0.368 e. The van der Waals surface area contributed by atoms with Crippen LogP contribution in [0.1, 0.15) is 20.8 Å². The molecule has 0 fully saturated rings. The summed E-state index contributed by atoms with van der Waals surface area (Å²) in [6.07, 6.45) is 0. The van der Waals surface area contributed by atoms with Crippen LogP contribution in [0.3, 0.4) is 0 Å². The number of primary amides is 1. The Morgan fingerprint density at radius 1 is 1.36 bits per heavy atom. The molecule has 4 N–H and O–H groups in total. The molecule has 82 valence electrons. The van der Waals surface area contributed by atoms with Crippen LogP contribution in [-0.2, 0) is 9.59 Å². The smallest absolute Gasteiger partial charge is 0.240 e. The van der Waals surface area contributed by atoms with E-state index in [0.29, 0.717) is 0 Å². The second-order valence-electron chi connectivity index (χ2n) is 4.30. The molecule has 0 aromatic rings. The lowest BCUT2D eigenvalue weighted by molar-refractivity contribution is -0.129. The van der Waals surface area contributed by atoms with Crippen LogP contribution in [0.4, 0.5) is 0 Å². The highest BCUT2D eigenvalue weighted by Crippen LogP contribution is 2.18. The van der Waals surface area contributed by atoms with Gasteiger partial charge < -0.3 is 16.4 Å². The van der Waals surface area contributed by atoms with Gasteiger partial charge in [0, 0.05) is 0 Å². The summed E-state index contributed by atoms with van der Waals surface area (Å²) in [7, 11) is 1.66. The third kappa shape index (κ3) is 4.23. The summed E-state index contributed by atoms with van der Waals surface area (Å²) in [5.74, 6) is -0.742. The number of nitrogens with one attached hydrogen (secondary N) is 2. The number of nitrogens with two attached hydrogens (primary N) is 1. The minimum atomic E-state index is -0.636. The van der Waals surface area contributed by atoms with Gasteiger partial charge in [-0.25, -0.2) is 0 Å². The number of likely N-dealkylation sites (N-methyl/N-ethyl adjacent to an activating group) is 1. The molecule has 0 radical (unpaired) electrons. The van der Waals surface area contributed by atoms with Crippen molar-refractivity contribution in [3.63, 3.8) is 0 Å². The summed E-state index contributed by atoms with van der Waals surface area (Å²) in [4.78, 5) is 22.3. The van der Waals surface area contributed by atoms with Crippen LogP contribution in [0.25, 0.3) is 0 Å². The first-order valence-corrected chi connectivity index (χ1v) is 4.52. The number of hydrogen-bond acceptors (Lipinski definition) is 3. The third-order valence-corrected chi connectivity index (χ3v) is 1.79. The van der Waals surface area contributed by atoms with Crippen LogP contribution in [0.15, 0.2) is 0 Å². The minimum Gasteiger partial charge on any atom is -0.368 e. The Morgan fingerprint density at radius 3 is 2.14 bits per heavy atom. The van der Waals surface area contributed by atoms with Crippen molar-refractivity contribution >= 4 is 11.8 Å². The van der Waals surface area contributed by atoms with Gasteiger partial charge in [-0.15, -0.1) is 0 Å². The molecule has 0 spiro atoms. The zero-order chi connectivity index (χ0) is 11.4. The van der Waals surface area contributed by atoms with E-state index in [0.717, 1.165) is 0 Å². The number of carbonyl (C=O) groups excluding carboxylic acids is 2. The quantitative estimate of drug-likeness (QED) is 0.558. The van der Waals surface area contributed by atoms with Crippen molar-refractivity contribution in [2.45, 2.75) is 26.8 Å². The minimum absolute atomic E-state index is 0.180. The Kier molecular flexibility index (Phi) is 4.56. The lowest BCUT2D eigenvalue weighted by Gasteiger charge is -2.28. The first-order chi connectivity index (χ1) is 6.29. The number of hydrogen-bond donors (Lipinski definition) is 3. The summed E-state index contributed by atoms with van der Waals surface area (Å²) in [5, 5.41) is 5.28. The maximum Gasteiger partial charge on any atom is 0.240 e. The first-order valence-electron chi connectivity index (χ1n) is 4.52. The number of amides is 2. The molecule has 5 heteroatoms. The van der Waals surface area contributed by atoms with Crippen molar-refractivity contribution in [2.24, 2.45) is 11.1 Å². The molecule has 0 bridgehead atoms. The summed E-state index contributed by atoms with van der Waals surface area (Å²) in [6, 6.07) is -0.636. The van der Waals surface area contributed by atoms with Crippen molar-refractivity contribution in [1.82, 2.24) is 10.6 Å². The van der Waals surface area contributed by atoms with Gasteiger partial charge in [0.2, 0.25) is 11.8 Å². The van der Waals surface area contributed by atoms with Gasteiger partial charge in [0.1, 0.15) is 6.04 Å². The van der Waals surface area contributed by atoms with Gasteiger partial charge in [-0.3, -0.25) is 9.59 Å². The van der Waals surface area contributed by atoms with Gasteiger partial charge in [0.05, 0.1) is 6.54 Å². The van der Waals surface area contributed by atoms with E-state index >= 15 is 0 Å². The first kappa shape index (κ1) is 12.9. The zero-order valence-corrected chi connectivity index (χ0v) is 9.18. The van der Waals surface area contributed by atoms with Crippen molar-refractivity contribution in [3.05, 3.63) is 0 Å². The van der Waals surface area contributed by atoms with Gasteiger partial charge >= 0.3 is 0 Å². The van der Waals surface area contributed by atoms with Crippen molar-refractivity contribution in [1.29, 1.82) is 0 Å². The molecular weight excluding hydrogens is 182 g/mol. The monoisotopic (exact) mass is 201 g/mol. The fraction of sp³-hybridized carbons (Fsp3) is 0.778. The molecule has 0 heterocycles. The van der Waals surface area contributed by atoms with Crippen LogP contribution in [0.5, 0.6) is 0 Å². The van der Waals surface area contributed by atoms with Crippen molar-refractivity contribution < 1.29 is 9.59 Å². The molecule has 0 aromatic heterocycles. The molecule has 1 unspecified atom stereocenters. The molecule has 0 rings (SSSR count). The second-order valence-corrected chi connectivity index (χ2v) is 4.30. The summed E-state index contributed by atoms with van der Waals surface area (Å²) >= 11 is 0. The number of rotatable bonds is 4. The fourth-order valence-corrected chi connectivity index (χ4v) is 1.09. The molecule has 0 aromatic carbocycles. The van der Waals surface area contributed by atoms with Crippen LogP contribution in [0.2, 0.25) is 0 Å². The van der Waals surface area contributed by atoms with E-state index < -0.39 is 11.9 Å². The highest BCUT2D eigenvalue weighted by atomic mass is 16.2. The van der Waals surface area contributed by atoms with E-state index in [2.05, 4.69) is 10.6 Å². The van der Waals surface area contributed by atoms with Crippen LogP contribution in [0, 0.1) is 5.41 Å². The molecule has 2 amide bonds. The third-order valence-electron chi connectivity index (χ3n) is 1.79. The normalized spacial score (nSPS) is 13.4. The highest BCUT2D eigenvalue weighted by Gasteiger charge is 2.30. The van der Waals surface area contributed by atoms with Crippen molar-refractivity contribution in [2.75, 3.05) is 13.6 Å². The Morgan fingerprint density at radius 2 is 1.86 bits per heavy atom. The SMILES string of the molecule is CNCC(=O)NC(C(N)=O)C(C)(C)C. The zero-order valence-electron chi connectivity index (χ0n) is 9.18. The molecule has 14 heavy (non-hydrogen) atoms. The van der Waals surface area contributed by atoms with Crippen LogP contribution in [-0.4, -0.2) is 31.4 Å². The molecule has 0 saturated carbocycles. The Hall–Kier alpha value is -1.10. The van der Waals surface area contributed by atoms with E-state index in [1.165, 1.54) is 0 Å². The fourth-order valence-electron chi connectivity index (χ4n) is 1.09. The average Bonchev–Trinajstić information content (AvgIpc) is 1.98. The van der Waals surface area contributed by atoms with E-state index in [1.807, 2.05) is 20.8 Å². The van der Waals surface area contributed by atoms with E-state index in [-0.39, 0.29) is 17.9 Å². The maximum absolute atomic E-state index is 11.2.